The summed E-state index contributed by atoms with van der Waals surface area (Å²) in [5.74, 6) is 0.895. The average Bonchev–Trinajstić information content (AvgIpc) is 2.38. The van der Waals surface area contributed by atoms with Crippen molar-refractivity contribution < 1.29 is 9.53 Å². The standard InChI is InChI=1S/C15H10BrNO2/c1-10(18)14-6-5-11(9-17)7-15(14)19-13-4-2-3-12(16)8-13/h2-8H,1H3. The Hall–Kier alpha value is -2.12. The lowest BCUT2D eigenvalue weighted by atomic mass is 10.1. The lowest BCUT2D eigenvalue weighted by Crippen LogP contribution is -1.97. The molecule has 0 saturated heterocycles. The molecular formula is C15H10BrNO2. The first-order valence-corrected chi connectivity index (χ1v) is 6.38. The third-order valence-electron chi connectivity index (χ3n) is 2.51. The number of hydrogen-bond donors (Lipinski definition) is 0. The van der Waals surface area contributed by atoms with Crippen LogP contribution in [0.3, 0.4) is 0 Å². The first kappa shape index (κ1) is 13.3. The number of ether oxygens (including phenoxy) is 1. The summed E-state index contributed by atoms with van der Waals surface area (Å²) in [6.07, 6.45) is 0. The van der Waals surface area contributed by atoms with Crippen molar-refractivity contribution in [3.8, 4) is 17.6 Å². The maximum absolute atomic E-state index is 11.6. The van der Waals surface area contributed by atoms with Crippen LogP contribution in [0.2, 0.25) is 0 Å². The molecule has 94 valence electrons. The second kappa shape index (κ2) is 5.68. The summed E-state index contributed by atoms with van der Waals surface area (Å²) in [7, 11) is 0. The number of halogens is 1. The molecule has 0 aliphatic carbocycles. The van der Waals surface area contributed by atoms with E-state index in [1.165, 1.54) is 6.92 Å². The number of benzene rings is 2. The number of nitriles is 1. The van der Waals surface area contributed by atoms with Crippen LogP contribution in [0.1, 0.15) is 22.8 Å². The molecule has 0 spiro atoms. The minimum absolute atomic E-state index is 0.102. The lowest BCUT2D eigenvalue weighted by Gasteiger charge is -2.10. The van der Waals surface area contributed by atoms with Crippen LogP contribution in [0.5, 0.6) is 11.5 Å². The van der Waals surface area contributed by atoms with E-state index in [2.05, 4.69) is 15.9 Å². The van der Waals surface area contributed by atoms with Gasteiger partial charge in [0.25, 0.3) is 0 Å². The predicted octanol–water partition coefficient (Wildman–Crippen LogP) is 4.32. The highest BCUT2D eigenvalue weighted by molar-refractivity contribution is 9.10. The fourth-order valence-electron chi connectivity index (χ4n) is 1.62. The summed E-state index contributed by atoms with van der Waals surface area (Å²) < 4.78 is 6.57. The van der Waals surface area contributed by atoms with Crippen LogP contribution in [0.4, 0.5) is 0 Å². The molecule has 0 fully saturated rings. The van der Waals surface area contributed by atoms with Crippen LogP contribution in [0.25, 0.3) is 0 Å². The Balaban J connectivity index is 2.43. The van der Waals surface area contributed by atoms with E-state index in [1.807, 2.05) is 18.2 Å². The molecule has 0 aliphatic rings. The van der Waals surface area contributed by atoms with Gasteiger partial charge in [0.1, 0.15) is 11.5 Å². The third kappa shape index (κ3) is 3.21. The molecule has 0 heterocycles. The van der Waals surface area contributed by atoms with Gasteiger partial charge in [0.2, 0.25) is 0 Å². The molecule has 4 heteroatoms. The van der Waals surface area contributed by atoms with E-state index >= 15 is 0 Å². The summed E-state index contributed by atoms with van der Waals surface area (Å²) in [5, 5.41) is 8.90. The molecule has 0 aliphatic heterocycles. The highest BCUT2D eigenvalue weighted by Crippen LogP contribution is 2.28. The van der Waals surface area contributed by atoms with Crippen LogP contribution in [-0.4, -0.2) is 5.78 Å². The Morgan fingerprint density at radius 1 is 1.26 bits per heavy atom. The Morgan fingerprint density at radius 3 is 2.68 bits per heavy atom. The monoisotopic (exact) mass is 315 g/mol. The molecule has 2 rings (SSSR count). The van der Waals surface area contributed by atoms with Crippen molar-refractivity contribution in [3.63, 3.8) is 0 Å². The smallest absolute Gasteiger partial charge is 0.163 e. The van der Waals surface area contributed by atoms with Crippen molar-refractivity contribution in [1.29, 1.82) is 5.26 Å². The highest BCUT2D eigenvalue weighted by Gasteiger charge is 2.10. The van der Waals surface area contributed by atoms with Gasteiger partial charge in [-0.2, -0.15) is 5.26 Å². The first-order valence-electron chi connectivity index (χ1n) is 5.58. The van der Waals surface area contributed by atoms with Gasteiger partial charge in [-0.3, -0.25) is 4.79 Å². The van der Waals surface area contributed by atoms with Crippen molar-refractivity contribution in [1.82, 2.24) is 0 Å². The van der Waals surface area contributed by atoms with Crippen molar-refractivity contribution in [2.45, 2.75) is 6.92 Å². The molecule has 0 atom stereocenters. The molecule has 0 radical (unpaired) electrons. The summed E-state index contributed by atoms with van der Waals surface area (Å²) >= 11 is 3.35. The van der Waals surface area contributed by atoms with E-state index in [1.54, 1.807) is 30.3 Å². The number of carbonyl (C=O) groups excluding carboxylic acids is 1. The van der Waals surface area contributed by atoms with E-state index in [0.29, 0.717) is 22.6 Å². The zero-order valence-electron chi connectivity index (χ0n) is 10.2. The minimum atomic E-state index is -0.102. The fraction of sp³-hybridized carbons (Fsp3) is 0.0667. The number of ketones is 1. The van der Waals surface area contributed by atoms with E-state index in [0.717, 1.165) is 4.47 Å². The van der Waals surface area contributed by atoms with Gasteiger partial charge in [0.05, 0.1) is 17.2 Å². The molecule has 0 N–H and O–H groups in total. The van der Waals surface area contributed by atoms with E-state index in [9.17, 15) is 4.79 Å². The molecule has 3 nitrogen and oxygen atoms in total. The van der Waals surface area contributed by atoms with Crippen LogP contribution in [0, 0.1) is 11.3 Å². The topological polar surface area (TPSA) is 50.1 Å². The minimum Gasteiger partial charge on any atom is -0.457 e. The van der Waals surface area contributed by atoms with Crippen molar-refractivity contribution in [2.75, 3.05) is 0 Å². The van der Waals surface area contributed by atoms with Gasteiger partial charge in [-0.25, -0.2) is 0 Å². The molecular weight excluding hydrogens is 306 g/mol. The molecule has 2 aromatic rings. The van der Waals surface area contributed by atoms with Crippen LogP contribution in [-0.2, 0) is 0 Å². The zero-order valence-corrected chi connectivity index (χ0v) is 11.8. The number of hydrogen-bond acceptors (Lipinski definition) is 3. The van der Waals surface area contributed by atoms with Crippen molar-refractivity contribution in [2.24, 2.45) is 0 Å². The molecule has 0 amide bonds. The third-order valence-corrected chi connectivity index (χ3v) is 3.01. The first-order chi connectivity index (χ1) is 9.10. The van der Waals surface area contributed by atoms with Gasteiger partial charge in [0.15, 0.2) is 5.78 Å². The maximum atomic E-state index is 11.6. The maximum Gasteiger partial charge on any atom is 0.163 e. The average molecular weight is 316 g/mol. The van der Waals surface area contributed by atoms with Crippen molar-refractivity contribution >= 4 is 21.7 Å². The highest BCUT2D eigenvalue weighted by atomic mass is 79.9. The molecule has 0 aromatic heterocycles. The second-order valence-corrected chi connectivity index (χ2v) is 4.85. The van der Waals surface area contributed by atoms with Crippen molar-refractivity contribution in [3.05, 3.63) is 58.1 Å². The predicted molar refractivity (Wildman–Crippen MR) is 75.4 cm³/mol. The molecule has 2 aromatic carbocycles. The number of Topliss-reactive ketones (excluding diaryl/α,β-unsaturated/α-hetero) is 1. The number of carbonyl (C=O) groups is 1. The molecule has 0 bridgehead atoms. The van der Waals surface area contributed by atoms with E-state index < -0.39 is 0 Å². The Morgan fingerprint density at radius 2 is 2.05 bits per heavy atom. The summed E-state index contributed by atoms with van der Waals surface area (Å²) in [4.78, 5) is 11.6. The Labute approximate surface area is 119 Å². The van der Waals surface area contributed by atoms with Gasteiger partial charge < -0.3 is 4.74 Å². The van der Waals surface area contributed by atoms with E-state index in [-0.39, 0.29) is 5.78 Å². The quantitative estimate of drug-likeness (QED) is 0.793. The van der Waals surface area contributed by atoms with Gasteiger partial charge in [-0.15, -0.1) is 0 Å². The Kier molecular flexibility index (Phi) is 3.98. The molecule has 19 heavy (non-hydrogen) atoms. The Bertz CT molecular complexity index is 674. The van der Waals surface area contributed by atoms with E-state index in [4.69, 9.17) is 10.00 Å². The molecule has 0 saturated carbocycles. The normalized spacial score (nSPS) is 9.74. The second-order valence-electron chi connectivity index (χ2n) is 3.94. The summed E-state index contributed by atoms with van der Waals surface area (Å²) in [6.45, 7) is 1.47. The van der Waals surface area contributed by atoms with Gasteiger partial charge in [-0.05, 0) is 43.3 Å². The van der Waals surface area contributed by atoms with Gasteiger partial charge >= 0.3 is 0 Å². The van der Waals surface area contributed by atoms with Gasteiger partial charge in [-0.1, -0.05) is 22.0 Å². The number of nitrogens with zero attached hydrogens (tertiary/aromatic N) is 1. The molecule has 0 unspecified atom stereocenters. The summed E-state index contributed by atoms with van der Waals surface area (Å²) in [5.41, 5.74) is 0.911. The fourth-order valence-corrected chi connectivity index (χ4v) is 2.00. The van der Waals surface area contributed by atoms with Gasteiger partial charge in [0, 0.05) is 4.47 Å². The SMILES string of the molecule is CC(=O)c1ccc(C#N)cc1Oc1cccc(Br)c1. The van der Waals surface area contributed by atoms with Crippen LogP contribution < -0.4 is 4.74 Å². The van der Waals surface area contributed by atoms with Crippen LogP contribution >= 0.6 is 15.9 Å². The lowest BCUT2D eigenvalue weighted by molar-refractivity contribution is 0.101. The zero-order chi connectivity index (χ0) is 13.8. The largest absolute Gasteiger partial charge is 0.457 e. The number of rotatable bonds is 3. The summed E-state index contributed by atoms with van der Waals surface area (Å²) in [6, 6.07) is 14.1. The van der Waals surface area contributed by atoms with Crippen LogP contribution in [0.15, 0.2) is 46.9 Å².